The number of nitrogens with zero attached hydrogens (tertiary/aromatic N) is 1. The van der Waals surface area contributed by atoms with E-state index in [-0.39, 0.29) is 16.1 Å². The average Bonchev–Trinajstić information content (AvgIpc) is 2.71. The molecule has 2 aromatic rings. The van der Waals surface area contributed by atoms with Crippen molar-refractivity contribution >= 4 is 27.6 Å². The molecule has 0 heterocycles. The first-order chi connectivity index (χ1) is 12.8. The maximum atomic E-state index is 13.0. The minimum atomic E-state index is -4.06. The van der Waals surface area contributed by atoms with Gasteiger partial charge in [-0.15, -0.1) is 0 Å². The van der Waals surface area contributed by atoms with Gasteiger partial charge in [-0.05, 0) is 48.5 Å². The van der Waals surface area contributed by atoms with Crippen LogP contribution in [0.1, 0.15) is 10.4 Å². The number of carbonyl (C=O) groups excluding carboxylic acids is 2. The van der Waals surface area contributed by atoms with Crippen LogP contribution < -0.4 is 9.04 Å². The number of anilines is 1. The number of hydrogen-bond acceptors (Lipinski definition) is 7. The highest BCUT2D eigenvalue weighted by Crippen LogP contribution is 2.25. The van der Waals surface area contributed by atoms with Crippen LogP contribution in [0.4, 0.5) is 5.69 Å². The molecule has 0 unspecified atom stereocenters. The molecule has 8 nitrogen and oxygen atoms in total. The van der Waals surface area contributed by atoms with Crippen molar-refractivity contribution in [3.8, 4) is 5.75 Å². The molecular weight excluding hydrogens is 374 g/mol. The summed E-state index contributed by atoms with van der Waals surface area (Å²) in [4.78, 5) is 23.3. The number of esters is 2. The monoisotopic (exact) mass is 393 g/mol. The van der Waals surface area contributed by atoms with E-state index in [9.17, 15) is 18.0 Å². The van der Waals surface area contributed by atoms with Gasteiger partial charge in [0.05, 0.1) is 37.5 Å². The quantitative estimate of drug-likeness (QED) is 0.662. The smallest absolute Gasteiger partial charge is 0.337 e. The van der Waals surface area contributed by atoms with E-state index in [1.165, 1.54) is 69.9 Å². The summed E-state index contributed by atoms with van der Waals surface area (Å²) in [5.41, 5.74) is 0.449. The summed E-state index contributed by atoms with van der Waals surface area (Å²) in [5, 5.41) is 0. The summed E-state index contributed by atoms with van der Waals surface area (Å²) < 4.78 is 41.3. The van der Waals surface area contributed by atoms with E-state index in [1.54, 1.807) is 0 Å². The Morgan fingerprint density at radius 3 is 1.96 bits per heavy atom. The van der Waals surface area contributed by atoms with Gasteiger partial charge in [0.1, 0.15) is 12.3 Å². The van der Waals surface area contributed by atoms with E-state index in [2.05, 4.69) is 9.47 Å². The summed E-state index contributed by atoms with van der Waals surface area (Å²) in [7, 11) is -0.182. The molecule has 0 aliphatic rings. The van der Waals surface area contributed by atoms with Crippen LogP contribution in [0.25, 0.3) is 0 Å². The van der Waals surface area contributed by atoms with Crippen LogP contribution in [0.15, 0.2) is 53.4 Å². The second-order valence-electron chi connectivity index (χ2n) is 5.30. The van der Waals surface area contributed by atoms with Crippen LogP contribution in [0.3, 0.4) is 0 Å². The Hall–Kier alpha value is -3.07. The Morgan fingerprint density at radius 1 is 0.889 bits per heavy atom. The maximum absolute atomic E-state index is 13.0. The normalized spacial score (nSPS) is 10.8. The predicted octanol–water partition coefficient (Wildman–Crippen LogP) is 1.85. The fourth-order valence-electron chi connectivity index (χ4n) is 2.25. The van der Waals surface area contributed by atoms with Crippen molar-refractivity contribution in [2.45, 2.75) is 4.90 Å². The molecular formula is C18H19NO7S. The van der Waals surface area contributed by atoms with Crippen LogP contribution in [-0.2, 0) is 24.3 Å². The van der Waals surface area contributed by atoms with Crippen LogP contribution in [0.5, 0.6) is 5.75 Å². The fourth-order valence-corrected chi connectivity index (χ4v) is 3.66. The number of rotatable bonds is 7. The van der Waals surface area contributed by atoms with Crippen LogP contribution >= 0.6 is 0 Å². The maximum Gasteiger partial charge on any atom is 0.337 e. The molecule has 2 rings (SSSR count). The topological polar surface area (TPSA) is 99.2 Å². The molecule has 0 amide bonds. The van der Waals surface area contributed by atoms with Gasteiger partial charge in [-0.3, -0.25) is 9.10 Å². The van der Waals surface area contributed by atoms with E-state index in [4.69, 9.17) is 4.74 Å². The zero-order valence-electron chi connectivity index (χ0n) is 15.0. The van der Waals surface area contributed by atoms with E-state index < -0.39 is 28.5 Å². The van der Waals surface area contributed by atoms with E-state index >= 15 is 0 Å². The van der Waals surface area contributed by atoms with E-state index in [1.807, 2.05) is 0 Å². The molecule has 27 heavy (non-hydrogen) atoms. The third-order valence-corrected chi connectivity index (χ3v) is 5.51. The number of hydrogen-bond donors (Lipinski definition) is 0. The molecule has 0 aromatic heterocycles. The zero-order valence-corrected chi connectivity index (χ0v) is 15.9. The second-order valence-corrected chi connectivity index (χ2v) is 7.16. The molecule has 0 radical (unpaired) electrons. The van der Waals surface area contributed by atoms with Gasteiger partial charge >= 0.3 is 11.9 Å². The predicted molar refractivity (Wildman–Crippen MR) is 97.3 cm³/mol. The lowest BCUT2D eigenvalue weighted by Crippen LogP contribution is -2.36. The molecule has 0 N–H and O–H groups in total. The first-order valence-electron chi connectivity index (χ1n) is 7.75. The third-order valence-electron chi connectivity index (χ3n) is 3.72. The molecule has 0 atom stereocenters. The number of methoxy groups -OCH3 is 3. The lowest BCUT2D eigenvalue weighted by molar-refractivity contribution is -0.138. The fraction of sp³-hybridized carbons (Fsp3) is 0.222. The van der Waals surface area contributed by atoms with Gasteiger partial charge in [0, 0.05) is 0 Å². The van der Waals surface area contributed by atoms with Gasteiger partial charge in [0.2, 0.25) is 0 Å². The molecule has 0 spiro atoms. The second kappa shape index (κ2) is 8.54. The van der Waals surface area contributed by atoms with Gasteiger partial charge in [-0.2, -0.15) is 0 Å². The summed E-state index contributed by atoms with van der Waals surface area (Å²) in [6.45, 7) is -0.525. The summed E-state index contributed by atoms with van der Waals surface area (Å²) in [5.74, 6) is -0.792. The van der Waals surface area contributed by atoms with Crippen molar-refractivity contribution in [2.75, 3.05) is 32.2 Å². The number of sulfonamides is 1. The minimum Gasteiger partial charge on any atom is -0.497 e. The number of benzene rings is 2. The minimum absolute atomic E-state index is 0.0238. The van der Waals surface area contributed by atoms with Crippen LogP contribution in [-0.4, -0.2) is 48.2 Å². The highest BCUT2D eigenvalue weighted by Gasteiger charge is 2.27. The van der Waals surface area contributed by atoms with Crippen molar-refractivity contribution in [1.29, 1.82) is 0 Å². The molecule has 0 bridgehead atoms. The molecule has 2 aromatic carbocycles. The Labute approximate surface area is 157 Å². The first kappa shape index (κ1) is 20.2. The van der Waals surface area contributed by atoms with Crippen molar-refractivity contribution in [3.63, 3.8) is 0 Å². The molecule has 0 aliphatic carbocycles. The van der Waals surface area contributed by atoms with Gasteiger partial charge in [-0.25, -0.2) is 13.2 Å². The summed E-state index contributed by atoms with van der Waals surface area (Å²) in [6, 6.07) is 11.4. The lowest BCUT2D eigenvalue weighted by atomic mass is 10.2. The van der Waals surface area contributed by atoms with Crippen molar-refractivity contribution in [3.05, 3.63) is 54.1 Å². The van der Waals surface area contributed by atoms with Gasteiger partial charge in [0.15, 0.2) is 0 Å². The molecule has 0 fully saturated rings. The van der Waals surface area contributed by atoms with Crippen molar-refractivity contribution in [2.24, 2.45) is 0 Å². The first-order valence-corrected chi connectivity index (χ1v) is 9.19. The molecule has 9 heteroatoms. The zero-order chi connectivity index (χ0) is 20.0. The van der Waals surface area contributed by atoms with Crippen molar-refractivity contribution in [1.82, 2.24) is 0 Å². The Kier molecular flexibility index (Phi) is 6.40. The van der Waals surface area contributed by atoms with Crippen molar-refractivity contribution < 1.29 is 32.2 Å². The Balaban J connectivity index is 2.46. The van der Waals surface area contributed by atoms with Gasteiger partial charge in [0.25, 0.3) is 10.0 Å². The summed E-state index contributed by atoms with van der Waals surface area (Å²) in [6.07, 6.45) is 0. The highest BCUT2D eigenvalue weighted by molar-refractivity contribution is 7.92. The largest absolute Gasteiger partial charge is 0.497 e. The Bertz CT molecular complexity index is 906. The van der Waals surface area contributed by atoms with Gasteiger partial charge < -0.3 is 14.2 Å². The summed E-state index contributed by atoms with van der Waals surface area (Å²) >= 11 is 0. The molecule has 144 valence electrons. The highest BCUT2D eigenvalue weighted by atomic mass is 32.2. The van der Waals surface area contributed by atoms with E-state index in [0.29, 0.717) is 5.75 Å². The van der Waals surface area contributed by atoms with Crippen LogP contribution in [0.2, 0.25) is 0 Å². The third kappa shape index (κ3) is 4.56. The Morgan fingerprint density at radius 2 is 1.48 bits per heavy atom. The van der Waals surface area contributed by atoms with Crippen LogP contribution in [0, 0.1) is 0 Å². The average molecular weight is 393 g/mol. The molecule has 0 aliphatic heterocycles. The SMILES string of the molecule is COC(=O)CN(c1ccc(C(=O)OC)cc1)S(=O)(=O)c1ccc(OC)cc1. The number of carbonyl (C=O) groups is 2. The lowest BCUT2D eigenvalue weighted by Gasteiger charge is -2.23. The standard InChI is InChI=1S/C18H19NO7S/c1-24-15-8-10-16(11-9-15)27(22,23)19(12-17(20)25-2)14-6-4-13(5-7-14)18(21)26-3/h4-11H,12H2,1-3H3. The molecule has 0 saturated heterocycles. The number of ether oxygens (including phenoxy) is 3. The van der Waals surface area contributed by atoms with Gasteiger partial charge in [-0.1, -0.05) is 0 Å². The van der Waals surface area contributed by atoms with E-state index in [0.717, 1.165) is 4.31 Å². The molecule has 0 saturated carbocycles.